The third-order valence-electron chi connectivity index (χ3n) is 2.01. The Bertz CT molecular complexity index is 295. The highest BCUT2D eigenvalue weighted by Crippen LogP contribution is 2.29. The van der Waals surface area contributed by atoms with Gasteiger partial charge in [-0.3, -0.25) is 0 Å². The number of rotatable bonds is 1. The van der Waals surface area contributed by atoms with Gasteiger partial charge in [-0.05, 0) is 18.9 Å². The van der Waals surface area contributed by atoms with Crippen molar-refractivity contribution < 1.29 is 18.3 Å². The minimum Gasteiger partial charge on any atom is -0.389 e. The van der Waals surface area contributed by atoms with Gasteiger partial charge in [0.25, 0.3) is 0 Å². The van der Waals surface area contributed by atoms with Crippen LogP contribution in [0.5, 0.6) is 0 Å². The van der Waals surface area contributed by atoms with E-state index in [1.54, 1.807) is 0 Å². The molecule has 0 saturated heterocycles. The van der Waals surface area contributed by atoms with Crippen molar-refractivity contribution in [1.29, 1.82) is 0 Å². The molecule has 78 valence electrons. The maximum absolute atomic E-state index is 12.2. The zero-order valence-corrected chi connectivity index (χ0v) is 7.67. The van der Waals surface area contributed by atoms with Crippen LogP contribution in [0.2, 0.25) is 0 Å². The Morgan fingerprint density at radius 1 is 1.43 bits per heavy atom. The molecule has 0 radical (unpaired) electrons. The van der Waals surface area contributed by atoms with E-state index < -0.39 is 17.9 Å². The van der Waals surface area contributed by atoms with Gasteiger partial charge in [0.05, 0.1) is 11.7 Å². The van der Waals surface area contributed by atoms with E-state index in [0.29, 0.717) is 5.57 Å². The predicted octanol–water partition coefficient (Wildman–Crippen LogP) is 2.74. The summed E-state index contributed by atoms with van der Waals surface area (Å²) in [6.45, 7) is 1.53. The average molecular weight is 204 g/mol. The molecule has 0 bridgehead atoms. The summed E-state index contributed by atoms with van der Waals surface area (Å²) in [6.07, 6.45) is 0.0486. The first kappa shape index (κ1) is 11.0. The van der Waals surface area contributed by atoms with Gasteiger partial charge in [-0.2, -0.15) is 13.2 Å². The number of hydrogen-bond donors (Lipinski definition) is 1. The smallest absolute Gasteiger partial charge is 0.389 e. The molecule has 1 nitrogen and oxygen atoms in total. The van der Waals surface area contributed by atoms with E-state index in [1.807, 2.05) is 0 Å². The van der Waals surface area contributed by atoms with Crippen LogP contribution in [0.15, 0.2) is 35.5 Å². The van der Waals surface area contributed by atoms with Crippen LogP contribution in [0.3, 0.4) is 0 Å². The van der Waals surface area contributed by atoms with Crippen LogP contribution >= 0.6 is 0 Å². The van der Waals surface area contributed by atoms with Gasteiger partial charge >= 0.3 is 6.18 Å². The van der Waals surface area contributed by atoms with Crippen molar-refractivity contribution in [2.75, 3.05) is 0 Å². The number of aliphatic hydroxyl groups excluding tert-OH is 1. The lowest BCUT2D eigenvalue weighted by Gasteiger charge is -2.08. The molecule has 1 atom stereocenters. The summed E-state index contributed by atoms with van der Waals surface area (Å²) in [6, 6.07) is 0. The fraction of sp³-hybridized carbons (Fsp3) is 0.400. The van der Waals surface area contributed by atoms with Crippen LogP contribution in [0.25, 0.3) is 0 Å². The van der Waals surface area contributed by atoms with E-state index in [2.05, 4.69) is 0 Å². The van der Waals surface area contributed by atoms with Gasteiger partial charge in [-0.1, -0.05) is 24.3 Å². The van der Waals surface area contributed by atoms with Gasteiger partial charge in [0.1, 0.15) is 0 Å². The third kappa shape index (κ3) is 2.73. The highest BCUT2D eigenvalue weighted by Gasteiger charge is 2.31. The second-order valence-corrected chi connectivity index (χ2v) is 3.14. The third-order valence-corrected chi connectivity index (χ3v) is 2.01. The molecule has 0 aromatic carbocycles. The molecule has 0 amide bonds. The molecule has 4 heteroatoms. The fourth-order valence-corrected chi connectivity index (χ4v) is 1.16. The maximum Gasteiger partial charge on any atom is 0.416 e. The summed E-state index contributed by atoms with van der Waals surface area (Å²) in [4.78, 5) is 0. The first-order valence-corrected chi connectivity index (χ1v) is 4.24. The minimum atomic E-state index is -4.31. The minimum absolute atomic E-state index is 0.138. The second kappa shape index (κ2) is 4.00. The molecule has 0 heterocycles. The summed E-state index contributed by atoms with van der Waals surface area (Å²) in [5, 5.41) is 9.18. The lowest BCUT2D eigenvalue weighted by molar-refractivity contribution is -0.0883. The highest BCUT2D eigenvalue weighted by molar-refractivity contribution is 5.33. The number of hydrogen-bond acceptors (Lipinski definition) is 1. The molecular weight excluding hydrogens is 193 g/mol. The summed E-state index contributed by atoms with van der Waals surface area (Å²) in [7, 11) is 0. The van der Waals surface area contributed by atoms with Gasteiger partial charge in [-0.15, -0.1) is 0 Å². The Kier molecular flexibility index (Phi) is 3.16. The van der Waals surface area contributed by atoms with E-state index in [1.165, 1.54) is 19.1 Å². The molecule has 1 N–H and O–H groups in total. The van der Waals surface area contributed by atoms with E-state index >= 15 is 0 Å². The van der Waals surface area contributed by atoms with Crippen LogP contribution < -0.4 is 0 Å². The topological polar surface area (TPSA) is 20.2 Å². The van der Waals surface area contributed by atoms with Gasteiger partial charge < -0.3 is 5.11 Å². The average Bonchev–Trinajstić information content (AvgIpc) is 2.26. The molecule has 1 aliphatic carbocycles. The van der Waals surface area contributed by atoms with Crippen molar-refractivity contribution in [3.05, 3.63) is 35.5 Å². The van der Waals surface area contributed by atoms with Crippen molar-refractivity contribution in [2.24, 2.45) is 0 Å². The quantitative estimate of drug-likeness (QED) is 0.696. The zero-order valence-electron chi connectivity index (χ0n) is 7.67. The van der Waals surface area contributed by atoms with Gasteiger partial charge in [-0.25, -0.2) is 0 Å². The van der Waals surface area contributed by atoms with Crippen molar-refractivity contribution in [3.63, 3.8) is 0 Å². The Hall–Kier alpha value is -1.03. The number of halogens is 3. The first-order valence-electron chi connectivity index (χ1n) is 4.24. The van der Waals surface area contributed by atoms with Crippen molar-refractivity contribution in [1.82, 2.24) is 0 Å². The predicted molar refractivity (Wildman–Crippen MR) is 47.7 cm³/mol. The summed E-state index contributed by atoms with van der Waals surface area (Å²) >= 11 is 0. The van der Waals surface area contributed by atoms with Gasteiger partial charge in [0.15, 0.2) is 0 Å². The Labute approximate surface area is 80.2 Å². The molecule has 1 aliphatic rings. The second-order valence-electron chi connectivity index (χ2n) is 3.14. The molecule has 0 fully saturated rings. The molecule has 1 rings (SSSR count). The van der Waals surface area contributed by atoms with Crippen LogP contribution in [-0.4, -0.2) is 17.4 Å². The standard InChI is InChI=1S/C10H11F3O/c1-7(14)8-3-2-4-9(6-5-8)10(11,12)13/h2-4,6-7,14H,5H2,1H3. The lowest BCUT2D eigenvalue weighted by Crippen LogP contribution is -2.10. The number of allylic oxidation sites excluding steroid dienone is 5. The Morgan fingerprint density at radius 2 is 2.07 bits per heavy atom. The molecule has 1 unspecified atom stereocenters. The van der Waals surface area contributed by atoms with E-state index in [0.717, 1.165) is 12.2 Å². The number of alkyl halides is 3. The van der Waals surface area contributed by atoms with E-state index in [9.17, 15) is 18.3 Å². The summed E-state index contributed by atoms with van der Waals surface area (Å²) < 4.78 is 36.7. The van der Waals surface area contributed by atoms with Crippen molar-refractivity contribution in [3.8, 4) is 0 Å². The maximum atomic E-state index is 12.2. The monoisotopic (exact) mass is 204 g/mol. The normalized spacial score (nSPS) is 19.8. The molecule has 14 heavy (non-hydrogen) atoms. The molecule has 0 spiro atoms. The Morgan fingerprint density at radius 3 is 2.57 bits per heavy atom. The summed E-state index contributed by atoms with van der Waals surface area (Å²) in [5.74, 6) is 0. The Balaban J connectivity index is 2.83. The molecular formula is C10H11F3O. The van der Waals surface area contributed by atoms with Crippen LogP contribution in [0, 0.1) is 0 Å². The SMILES string of the molecule is CC(O)C1=CC=CC(C(F)(F)F)=CC1. The van der Waals surface area contributed by atoms with Crippen LogP contribution in [0.4, 0.5) is 13.2 Å². The first-order chi connectivity index (χ1) is 6.41. The van der Waals surface area contributed by atoms with E-state index in [4.69, 9.17) is 0 Å². The molecule has 0 aliphatic heterocycles. The largest absolute Gasteiger partial charge is 0.416 e. The van der Waals surface area contributed by atoms with Crippen LogP contribution in [-0.2, 0) is 0 Å². The van der Waals surface area contributed by atoms with E-state index in [-0.39, 0.29) is 6.42 Å². The van der Waals surface area contributed by atoms with Crippen LogP contribution in [0.1, 0.15) is 13.3 Å². The van der Waals surface area contributed by atoms with Gasteiger partial charge in [0.2, 0.25) is 0 Å². The van der Waals surface area contributed by atoms with Crippen molar-refractivity contribution >= 4 is 0 Å². The van der Waals surface area contributed by atoms with Gasteiger partial charge in [0, 0.05) is 0 Å². The molecule has 0 saturated carbocycles. The summed E-state index contributed by atoms with van der Waals surface area (Å²) in [5.41, 5.74) is -0.0788. The molecule has 0 aromatic heterocycles. The number of aliphatic hydroxyl groups is 1. The molecule has 0 aromatic rings. The lowest BCUT2D eigenvalue weighted by atomic mass is 10.1. The van der Waals surface area contributed by atoms with Crippen molar-refractivity contribution in [2.45, 2.75) is 25.6 Å². The zero-order chi connectivity index (χ0) is 10.8. The highest BCUT2D eigenvalue weighted by atomic mass is 19.4. The fourth-order valence-electron chi connectivity index (χ4n) is 1.16.